The zero-order valence-electron chi connectivity index (χ0n) is 13.8. The molecule has 1 atom stereocenters. The second-order valence-electron chi connectivity index (χ2n) is 6.57. The molecule has 1 unspecified atom stereocenters. The summed E-state index contributed by atoms with van der Waals surface area (Å²) < 4.78 is 0. The topological polar surface area (TPSA) is 40.9 Å². The van der Waals surface area contributed by atoms with Crippen LogP contribution in [-0.4, -0.2) is 5.78 Å². The average Bonchev–Trinajstić information content (AvgIpc) is 2.68. The predicted molar refractivity (Wildman–Crippen MR) is 97.5 cm³/mol. The molecule has 0 fully saturated rings. The van der Waals surface area contributed by atoms with Crippen molar-refractivity contribution >= 4 is 5.78 Å². The number of nitrogens with zero attached hydrogens (tertiary/aromatic N) is 1. The van der Waals surface area contributed by atoms with Gasteiger partial charge in [0.25, 0.3) is 0 Å². The third-order valence-electron chi connectivity index (χ3n) is 5.17. The van der Waals surface area contributed by atoms with E-state index in [1.54, 1.807) is 0 Å². The summed E-state index contributed by atoms with van der Waals surface area (Å²) in [6.07, 6.45) is 1.23. The van der Waals surface area contributed by atoms with E-state index in [1.807, 2.05) is 66.7 Å². The van der Waals surface area contributed by atoms with E-state index in [2.05, 4.69) is 18.2 Å². The lowest BCUT2D eigenvalue weighted by molar-refractivity contribution is 0.0945. The van der Waals surface area contributed by atoms with E-state index in [0.29, 0.717) is 12.0 Å². The first-order chi connectivity index (χ1) is 12.2. The van der Waals surface area contributed by atoms with Crippen molar-refractivity contribution in [1.29, 1.82) is 5.26 Å². The second-order valence-corrected chi connectivity index (χ2v) is 6.57. The van der Waals surface area contributed by atoms with Gasteiger partial charge in [0.15, 0.2) is 5.78 Å². The number of hydrogen-bond acceptors (Lipinski definition) is 2. The van der Waals surface area contributed by atoms with Crippen molar-refractivity contribution in [3.8, 4) is 6.07 Å². The van der Waals surface area contributed by atoms with Crippen molar-refractivity contribution in [2.75, 3.05) is 0 Å². The molecule has 0 spiro atoms. The Morgan fingerprint density at radius 2 is 1.40 bits per heavy atom. The normalized spacial score (nSPS) is 19.1. The Morgan fingerprint density at radius 1 is 0.760 bits per heavy atom. The summed E-state index contributed by atoms with van der Waals surface area (Å²) in [5.41, 5.74) is 4.40. The number of nitriles is 1. The van der Waals surface area contributed by atoms with Crippen molar-refractivity contribution in [3.63, 3.8) is 0 Å². The van der Waals surface area contributed by atoms with Crippen LogP contribution in [0.1, 0.15) is 39.0 Å². The van der Waals surface area contributed by atoms with E-state index in [0.717, 1.165) is 28.7 Å². The first kappa shape index (κ1) is 15.4. The summed E-state index contributed by atoms with van der Waals surface area (Å²) >= 11 is 0. The summed E-state index contributed by atoms with van der Waals surface area (Å²) in [6.45, 7) is 0. The van der Waals surface area contributed by atoms with Gasteiger partial charge in [-0.2, -0.15) is 5.26 Å². The molecule has 1 aliphatic carbocycles. The van der Waals surface area contributed by atoms with Crippen molar-refractivity contribution in [2.45, 2.75) is 18.3 Å². The molecule has 3 aromatic rings. The Kier molecular flexibility index (Phi) is 3.71. The van der Waals surface area contributed by atoms with E-state index in [4.69, 9.17) is 5.26 Å². The van der Waals surface area contributed by atoms with Crippen LogP contribution in [0.4, 0.5) is 0 Å². The van der Waals surface area contributed by atoms with Gasteiger partial charge in [0.1, 0.15) is 0 Å². The SMILES string of the molecule is N#Cc1ccc(C2(c3ccccc3)CC(=O)c3ccccc3C2)cc1. The largest absolute Gasteiger partial charge is 0.294 e. The highest BCUT2D eigenvalue weighted by molar-refractivity contribution is 6.00. The Bertz CT molecular complexity index is 967. The zero-order chi connectivity index (χ0) is 17.3. The van der Waals surface area contributed by atoms with Crippen LogP contribution in [0, 0.1) is 11.3 Å². The summed E-state index contributed by atoms with van der Waals surface area (Å²) in [7, 11) is 0. The fourth-order valence-corrected chi connectivity index (χ4v) is 3.90. The molecular weight excluding hydrogens is 306 g/mol. The average molecular weight is 323 g/mol. The first-order valence-corrected chi connectivity index (χ1v) is 8.40. The zero-order valence-corrected chi connectivity index (χ0v) is 13.8. The van der Waals surface area contributed by atoms with Gasteiger partial charge in [-0.15, -0.1) is 0 Å². The van der Waals surface area contributed by atoms with Crippen LogP contribution in [0.2, 0.25) is 0 Å². The van der Waals surface area contributed by atoms with Gasteiger partial charge in [0, 0.05) is 17.4 Å². The number of carbonyl (C=O) groups is 1. The number of ketones is 1. The van der Waals surface area contributed by atoms with Crippen LogP contribution >= 0.6 is 0 Å². The molecule has 25 heavy (non-hydrogen) atoms. The lowest BCUT2D eigenvalue weighted by Gasteiger charge is -2.38. The Morgan fingerprint density at radius 3 is 2.12 bits per heavy atom. The highest BCUT2D eigenvalue weighted by Crippen LogP contribution is 2.43. The number of hydrogen-bond donors (Lipinski definition) is 0. The maximum Gasteiger partial charge on any atom is 0.164 e. The molecular formula is C23H17NO. The minimum Gasteiger partial charge on any atom is -0.294 e. The molecule has 0 aromatic heterocycles. The van der Waals surface area contributed by atoms with E-state index in [-0.39, 0.29) is 11.2 Å². The third-order valence-corrected chi connectivity index (χ3v) is 5.17. The van der Waals surface area contributed by atoms with E-state index in [9.17, 15) is 4.79 Å². The van der Waals surface area contributed by atoms with Gasteiger partial charge in [-0.25, -0.2) is 0 Å². The maximum atomic E-state index is 12.9. The molecule has 0 bridgehead atoms. The van der Waals surface area contributed by atoms with Crippen LogP contribution in [0.25, 0.3) is 0 Å². The highest BCUT2D eigenvalue weighted by Gasteiger charge is 2.41. The predicted octanol–water partition coefficient (Wildman–Crippen LogP) is 4.67. The number of Topliss-reactive ketones (excluding diaryl/α,β-unsaturated/α-hetero) is 1. The number of carbonyl (C=O) groups excluding carboxylic acids is 1. The summed E-state index contributed by atoms with van der Waals surface area (Å²) in [5.74, 6) is 0.176. The van der Waals surface area contributed by atoms with Crippen LogP contribution < -0.4 is 0 Å². The Balaban J connectivity index is 1.92. The minimum atomic E-state index is -0.388. The second kappa shape index (κ2) is 6.03. The van der Waals surface area contributed by atoms with Crippen LogP contribution in [0.15, 0.2) is 78.9 Å². The van der Waals surface area contributed by atoms with Crippen molar-refractivity contribution < 1.29 is 4.79 Å². The van der Waals surface area contributed by atoms with Crippen LogP contribution in [0.5, 0.6) is 0 Å². The molecule has 2 heteroatoms. The summed E-state index contributed by atoms with van der Waals surface area (Å²) in [5, 5.41) is 9.09. The molecule has 0 saturated carbocycles. The van der Waals surface area contributed by atoms with Crippen molar-refractivity contribution in [3.05, 3.63) is 107 Å². The van der Waals surface area contributed by atoms with Gasteiger partial charge in [-0.1, -0.05) is 66.7 Å². The smallest absolute Gasteiger partial charge is 0.164 e. The quantitative estimate of drug-likeness (QED) is 0.687. The maximum absolute atomic E-state index is 12.9. The third kappa shape index (κ3) is 2.55. The molecule has 0 aliphatic heterocycles. The van der Waals surface area contributed by atoms with Gasteiger partial charge in [-0.05, 0) is 35.2 Å². The molecule has 120 valence electrons. The van der Waals surface area contributed by atoms with Crippen LogP contribution in [0.3, 0.4) is 0 Å². The Hall–Kier alpha value is -3.18. The molecule has 0 amide bonds. The standard InChI is InChI=1S/C23H17NO/c24-16-17-10-12-20(13-11-17)23(19-7-2-1-3-8-19)14-18-6-4-5-9-21(18)22(25)15-23/h1-13H,14-15H2. The lowest BCUT2D eigenvalue weighted by Crippen LogP contribution is -2.37. The fourth-order valence-electron chi connectivity index (χ4n) is 3.90. The molecule has 0 radical (unpaired) electrons. The Labute approximate surface area is 147 Å². The number of rotatable bonds is 2. The molecule has 0 N–H and O–H groups in total. The molecule has 0 saturated heterocycles. The molecule has 2 nitrogen and oxygen atoms in total. The van der Waals surface area contributed by atoms with Gasteiger partial charge in [0.05, 0.1) is 11.6 Å². The highest BCUT2D eigenvalue weighted by atomic mass is 16.1. The molecule has 0 heterocycles. The number of fused-ring (bicyclic) bond motifs is 1. The van der Waals surface area contributed by atoms with Gasteiger partial charge in [-0.3, -0.25) is 4.79 Å². The van der Waals surface area contributed by atoms with Gasteiger partial charge >= 0.3 is 0 Å². The van der Waals surface area contributed by atoms with Crippen molar-refractivity contribution in [1.82, 2.24) is 0 Å². The fraction of sp³-hybridized carbons (Fsp3) is 0.130. The summed E-state index contributed by atoms with van der Waals surface area (Å²) in [4.78, 5) is 12.9. The molecule has 1 aliphatic rings. The van der Waals surface area contributed by atoms with Gasteiger partial charge in [0.2, 0.25) is 0 Å². The monoisotopic (exact) mass is 323 g/mol. The molecule has 4 rings (SSSR count). The van der Waals surface area contributed by atoms with Crippen molar-refractivity contribution in [2.24, 2.45) is 0 Å². The van der Waals surface area contributed by atoms with Gasteiger partial charge < -0.3 is 0 Å². The minimum absolute atomic E-state index is 0.176. The van der Waals surface area contributed by atoms with Crippen LogP contribution in [-0.2, 0) is 11.8 Å². The van der Waals surface area contributed by atoms with E-state index >= 15 is 0 Å². The van der Waals surface area contributed by atoms with E-state index < -0.39 is 0 Å². The summed E-state index contributed by atoms with van der Waals surface area (Å²) in [6, 6.07) is 27.9. The lowest BCUT2D eigenvalue weighted by atomic mass is 9.63. The number of benzene rings is 3. The first-order valence-electron chi connectivity index (χ1n) is 8.40. The molecule has 3 aromatic carbocycles. The van der Waals surface area contributed by atoms with E-state index in [1.165, 1.54) is 0 Å².